The summed E-state index contributed by atoms with van der Waals surface area (Å²) in [7, 11) is 0. The lowest BCUT2D eigenvalue weighted by Crippen LogP contribution is -2.12. The zero-order valence-electron chi connectivity index (χ0n) is 10.0. The van der Waals surface area contributed by atoms with Gasteiger partial charge in [0.2, 0.25) is 0 Å². The number of hydrogen-bond acceptors (Lipinski definition) is 5. The molecule has 0 aliphatic carbocycles. The predicted octanol–water partition coefficient (Wildman–Crippen LogP) is 2.07. The molecule has 0 radical (unpaired) electrons. The molecule has 6 nitrogen and oxygen atoms in total. The average molecular weight is 239 g/mol. The molecule has 0 saturated heterocycles. The van der Waals surface area contributed by atoms with Crippen LogP contribution in [0, 0.1) is 16.0 Å². The lowest BCUT2D eigenvalue weighted by molar-refractivity contribution is -0.385. The van der Waals surface area contributed by atoms with E-state index in [-0.39, 0.29) is 5.69 Å². The Morgan fingerprint density at radius 3 is 2.82 bits per heavy atom. The first-order chi connectivity index (χ1) is 8.09. The third-order valence-electron chi connectivity index (χ3n) is 1.96. The standard InChI is InChI=1S/C11H17N3O3/c1-9(2)8-17-6-5-12-11-4-3-10(7-13-11)14(15)16/h3-4,7,9H,5-6,8H2,1-2H3,(H,12,13). The van der Waals surface area contributed by atoms with Crippen LogP contribution in [0.25, 0.3) is 0 Å². The molecule has 1 N–H and O–H groups in total. The van der Waals surface area contributed by atoms with Crippen LogP contribution >= 0.6 is 0 Å². The summed E-state index contributed by atoms with van der Waals surface area (Å²) in [4.78, 5) is 13.9. The molecule has 0 bridgehead atoms. The van der Waals surface area contributed by atoms with E-state index < -0.39 is 4.92 Å². The lowest BCUT2D eigenvalue weighted by Gasteiger charge is -2.08. The molecule has 0 amide bonds. The second-order valence-electron chi connectivity index (χ2n) is 4.05. The van der Waals surface area contributed by atoms with Crippen molar-refractivity contribution in [2.75, 3.05) is 25.1 Å². The highest BCUT2D eigenvalue weighted by molar-refractivity contribution is 5.39. The summed E-state index contributed by atoms with van der Waals surface area (Å²) in [6.45, 7) is 6.14. The van der Waals surface area contributed by atoms with Crippen LogP contribution in [0.3, 0.4) is 0 Å². The number of anilines is 1. The number of rotatable bonds is 7. The van der Waals surface area contributed by atoms with E-state index in [1.807, 2.05) is 0 Å². The maximum Gasteiger partial charge on any atom is 0.287 e. The van der Waals surface area contributed by atoms with Crippen molar-refractivity contribution in [2.45, 2.75) is 13.8 Å². The Labute approximate surface area is 100 Å². The Morgan fingerprint density at radius 1 is 1.53 bits per heavy atom. The monoisotopic (exact) mass is 239 g/mol. The molecular weight excluding hydrogens is 222 g/mol. The highest BCUT2D eigenvalue weighted by atomic mass is 16.6. The van der Waals surface area contributed by atoms with Crippen molar-refractivity contribution in [2.24, 2.45) is 5.92 Å². The Morgan fingerprint density at radius 2 is 2.29 bits per heavy atom. The van der Waals surface area contributed by atoms with Gasteiger partial charge < -0.3 is 10.1 Å². The van der Waals surface area contributed by atoms with E-state index in [0.717, 1.165) is 6.61 Å². The number of pyridine rings is 1. The summed E-state index contributed by atoms with van der Waals surface area (Å²) in [5, 5.41) is 13.4. The molecule has 1 heterocycles. The molecule has 0 aromatic carbocycles. The van der Waals surface area contributed by atoms with Gasteiger partial charge in [-0.25, -0.2) is 4.98 Å². The Balaban J connectivity index is 2.25. The molecule has 0 fully saturated rings. The van der Waals surface area contributed by atoms with Gasteiger partial charge in [-0.1, -0.05) is 13.8 Å². The molecule has 1 rings (SSSR count). The summed E-state index contributed by atoms with van der Waals surface area (Å²) < 4.78 is 5.38. The van der Waals surface area contributed by atoms with Gasteiger partial charge in [0.05, 0.1) is 11.5 Å². The van der Waals surface area contributed by atoms with Crippen molar-refractivity contribution in [3.8, 4) is 0 Å². The van der Waals surface area contributed by atoms with Crippen LogP contribution in [-0.2, 0) is 4.74 Å². The van der Waals surface area contributed by atoms with E-state index in [1.54, 1.807) is 6.07 Å². The second-order valence-corrected chi connectivity index (χ2v) is 4.05. The molecule has 94 valence electrons. The van der Waals surface area contributed by atoms with Crippen molar-refractivity contribution in [1.29, 1.82) is 0 Å². The van der Waals surface area contributed by atoms with Gasteiger partial charge >= 0.3 is 0 Å². The summed E-state index contributed by atoms with van der Waals surface area (Å²) in [6, 6.07) is 3.00. The molecule has 0 aliphatic heterocycles. The predicted molar refractivity (Wildman–Crippen MR) is 65.0 cm³/mol. The fourth-order valence-electron chi connectivity index (χ4n) is 1.17. The molecule has 0 spiro atoms. The van der Waals surface area contributed by atoms with Gasteiger partial charge in [-0.3, -0.25) is 10.1 Å². The molecule has 6 heteroatoms. The quantitative estimate of drug-likeness (QED) is 0.447. The van der Waals surface area contributed by atoms with E-state index in [0.29, 0.717) is 24.9 Å². The highest BCUT2D eigenvalue weighted by Gasteiger charge is 2.04. The maximum atomic E-state index is 10.4. The number of hydrogen-bond donors (Lipinski definition) is 1. The minimum Gasteiger partial charge on any atom is -0.379 e. The first kappa shape index (κ1) is 13.4. The van der Waals surface area contributed by atoms with Gasteiger partial charge in [-0.15, -0.1) is 0 Å². The first-order valence-electron chi connectivity index (χ1n) is 5.51. The summed E-state index contributed by atoms with van der Waals surface area (Å²) >= 11 is 0. The molecule has 1 aromatic heterocycles. The fraction of sp³-hybridized carbons (Fsp3) is 0.545. The summed E-state index contributed by atoms with van der Waals surface area (Å²) in [5.41, 5.74) is -0.00777. The van der Waals surface area contributed by atoms with E-state index in [4.69, 9.17) is 4.74 Å². The van der Waals surface area contributed by atoms with Crippen LogP contribution in [0.4, 0.5) is 11.5 Å². The molecular formula is C11H17N3O3. The normalized spacial score (nSPS) is 10.5. The molecule has 0 atom stereocenters. The maximum absolute atomic E-state index is 10.4. The lowest BCUT2D eigenvalue weighted by atomic mass is 10.2. The van der Waals surface area contributed by atoms with E-state index in [9.17, 15) is 10.1 Å². The van der Waals surface area contributed by atoms with E-state index in [1.165, 1.54) is 12.3 Å². The minimum atomic E-state index is -0.470. The molecule has 0 aliphatic rings. The molecule has 0 unspecified atom stereocenters. The van der Waals surface area contributed by atoms with Crippen molar-refractivity contribution < 1.29 is 9.66 Å². The van der Waals surface area contributed by atoms with Crippen molar-refractivity contribution in [1.82, 2.24) is 4.98 Å². The third kappa shape index (κ3) is 5.26. The van der Waals surface area contributed by atoms with Crippen molar-refractivity contribution in [3.63, 3.8) is 0 Å². The average Bonchev–Trinajstić information content (AvgIpc) is 2.29. The SMILES string of the molecule is CC(C)COCCNc1ccc([N+](=O)[O-])cn1. The summed E-state index contributed by atoms with van der Waals surface area (Å²) in [6.07, 6.45) is 1.23. The van der Waals surface area contributed by atoms with Gasteiger partial charge in [0.25, 0.3) is 5.69 Å². The number of aromatic nitrogens is 1. The van der Waals surface area contributed by atoms with Crippen LogP contribution in [0.2, 0.25) is 0 Å². The van der Waals surface area contributed by atoms with Gasteiger partial charge in [-0.2, -0.15) is 0 Å². The second kappa shape index (κ2) is 6.80. The van der Waals surface area contributed by atoms with Crippen LogP contribution in [0.15, 0.2) is 18.3 Å². The number of nitrogens with zero attached hydrogens (tertiary/aromatic N) is 2. The first-order valence-corrected chi connectivity index (χ1v) is 5.51. The highest BCUT2D eigenvalue weighted by Crippen LogP contribution is 2.11. The van der Waals surface area contributed by atoms with Gasteiger partial charge in [0, 0.05) is 19.2 Å². The molecule has 0 saturated carbocycles. The van der Waals surface area contributed by atoms with Gasteiger partial charge in [0.1, 0.15) is 12.0 Å². The van der Waals surface area contributed by atoms with Crippen molar-refractivity contribution >= 4 is 11.5 Å². The molecule has 17 heavy (non-hydrogen) atoms. The number of nitrogens with one attached hydrogen (secondary N) is 1. The zero-order valence-corrected chi connectivity index (χ0v) is 10.0. The van der Waals surface area contributed by atoms with Crippen LogP contribution in [0.5, 0.6) is 0 Å². The number of nitro groups is 1. The topological polar surface area (TPSA) is 77.3 Å². The largest absolute Gasteiger partial charge is 0.379 e. The van der Waals surface area contributed by atoms with Crippen molar-refractivity contribution in [3.05, 3.63) is 28.4 Å². The minimum absolute atomic E-state index is 0.00777. The molecule has 1 aromatic rings. The zero-order chi connectivity index (χ0) is 12.7. The Hall–Kier alpha value is -1.69. The summed E-state index contributed by atoms with van der Waals surface area (Å²) in [5.74, 6) is 1.14. The van der Waals surface area contributed by atoms with Gasteiger partial charge in [0.15, 0.2) is 0 Å². The van der Waals surface area contributed by atoms with E-state index >= 15 is 0 Å². The Bertz CT molecular complexity index is 351. The van der Waals surface area contributed by atoms with Crippen LogP contribution in [-0.4, -0.2) is 29.7 Å². The Kier molecular flexibility index (Phi) is 5.35. The smallest absolute Gasteiger partial charge is 0.287 e. The van der Waals surface area contributed by atoms with Gasteiger partial charge in [-0.05, 0) is 12.0 Å². The number of ether oxygens (including phenoxy) is 1. The fourth-order valence-corrected chi connectivity index (χ4v) is 1.17. The van der Waals surface area contributed by atoms with Crippen LogP contribution < -0.4 is 5.32 Å². The van der Waals surface area contributed by atoms with E-state index in [2.05, 4.69) is 24.1 Å². The van der Waals surface area contributed by atoms with Crippen LogP contribution in [0.1, 0.15) is 13.8 Å². The third-order valence-corrected chi connectivity index (χ3v) is 1.96.